The summed E-state index contributed by atoms with van der Waals surface area (Å²) in [5.41, 5.74) is 42.3. The molecule has 0 spiro atoms. The first-order valence-electron chi connectivity index (χ1n) is 29.3. The standard InChI is InChI=1S/4C5H2BrN3S.4C5H5BrN2S.C5H4N4S.C4HBrN4S.2C4H4BrN3S.3CH4/c6-3-1-7-2-4-5(3)8-9-10-4;6-3-1-7-2-4-5(3)10-9-8-4;6-5-4-3(1-2-7-5)10-9-8-4;6-5-4-3(1-2-7-5)8-9-10-4;6-3-1-8-2-4(9)5(3)7;6-3-1-8-2-4(7)5(3)9;6-5-4(7)3(9)1-2-8-5;6-5-4(9)3(7)1-2-8-5;1-3-5-4(2-6-7-3)8-9-10-5;5-4-3-2(1-6-8-4)10-9-7-3;5-4-3(6)2(9)1-7-8-4;5-4-3(9)2(6)1-7-8-4;;;/h4*1-2H;1-2,9H,(H2,7,8);2*1-2H,7H2,(H,8,9);1-2,9H,(H2,7,8);2H,1H3;1H;1H,(H2,6,7)(H,8,9);1H,(H2,6,8)(H,7,9);3*1H4. The molecular formula is C60H53Br11N34S12. The number of halogens is 11. The van der Waals surface area contributed by atoms with Gasteiger partial charge in [-0.2, -0.15) is 25.5 Å². The Morgan fingerprint density at radius 3 is 1.50 bits per heavy atom. The molecule has 0 bridgehead atoms. The molecule has 0 aliphatic rings. The summed E-state index contributed by atoms with van der Waals surface area (Å²) in [7, 11) is 0. The molecule has 18 aromatic heterocycles. The SMILES string of the molecule is Brc1cncc2nnsc12.Brc1cncc2snnc12.Brc1nccc2nnsc12.Brc1nccc2snnc12.Brc1nncc2snnc12.C.C.C.Cc1nncc2nnsc12.Nc1c(Br)[nH]ccc1=S.Nc1c(Br)[nH]ncc1=S.Nc1c(S)cncc1Br.Nc1c[nH]cc(Br)c1=S.Nc1c[nH]nc(Br)c1=S.Nc1ccnc(Br)c1S. The first kappa shape index (κ1) is 103. The number of H-pyrrole nitrogens is 4. The third kappa shape index (κ3) is 32.8. The number of fused-ring (bicyclic) bond motifs is 6. The van der Waals surface area contributed by atoms with Crippen molar-refractivity contribution in [2.75, 3.05) is 34.4 Å². The van der Waals surface area contributed by atoms with Crippen molar-refractivity contribution in [2.24, 2.45) is 0 Å². The summed E-state index contributed by atoms with van der Waals surface area (Å²) in [6, 6.07) is 7.18. The van der Waals surface area contributed by atoms with Gasteiger partial charge in [-0.3, -0.25) is 25.1 Å². The highest BCUT2D eigenvalue weighted by Crippen LogP contribution is 2.29. The molecule has 18 heterocycles. The highest BCUT2D eigenvalue weighted by molar-refractivity contribution is 9.12. The predicted molar refractivity (Wildman–Crippen MR) is 528 cm³/mol. The van der Waals surface area contributed by atoms with Gasteiger partial charge in [-0.25, -0.2) is 15.0 Å². The van der Waals surface area contributed by atoms with Crippen LogP contribution in [0.3, 0.4) is 0 Å². The second-order valence-corrected chi connectivity index (χ2v) is 35.6. The van der Waals surface area contributed by atoms with E-state index in [9.17, 15) is 0 Å². The molecule has 0 aliphatic carbocycles. The van der Waals surface area contributed by atoms with Crippen molar-refractivity contribution >= 4 is 414 Å². The van der Waals surface area contributed by atoms with Gasteiger partial charge in [0.05, 0.1) is 119 Å². The van der Waals surface area contributed by atoms with Crippen LogP contribution in [0.5, 0.6) is 0 Å². The Labute approximate surface area is 812 Å². The average Bonchev–Trinajstić information content (AvgIpc) is 1.73. The van der Waals surface area contributed by atoms with E-state index in [-0.39, 0.29) is 22.3 Å². The Morgan fingerprint density at radius 1 is 0.402 bits per heavy atom. The molecule has 0 saturated carbocycles. The molecule has 0 saturated heterocycles. The van der Waals surface area contributed by atoms with E-state index in [4.69, 9.17) is 83.3 Å². The molecule has 0 unspecified atom stereocenters. The molecule has 18 aromatic rings. The van der Waals surface area contributed by atoms with Crippen molar-refractivity contribution in [3.05, 3.63) is 197 Å². The topological polar surface area (TPSA) is 529 Å². The molecule has 18 rings (SSSR count). The molecule has 0 aliphatic heterocycles. The molecule has 57 heteroatoms. The summed E-state index contributed by atoms with van der Waals surface area (Å²) in [6.07, 6.45) is 26.6. The van der Waals surface area contributed by atoms with Crippen LogP contribution in [-0.4, -0.2) is 138 Å². The molecule has 612 valence electrons. The maximum Gasteiger partial charge on any atom is 0.157 e. The lowest BCUT2D eigenvalue weighted by Crippen LogP contribution is -1.91. The number of nitrogens with two attached hydrogens (primary N) is 6. The Kier molecular flexibility index (Phi) is 47.6. The van der Waals surface area contributed by atoms with E-state index in [2.05, 4.69) is 339 Å². The third-order valence-electron chi connectivity index (χ3n) is 12.1. The zero-order valence-electron chi connectivity index (χ0n) is 55.9. The van der Waals surface area contributed by atoms with E-state index in [1.807, 2.05) is 19.1 Å². The monoisotopic (exact) mass is 2500 g/mol. The lowest BCUT2D eigenvalue weighted by atomic mass is 10.4. The lowest BCUT2D eigenvalue weighted by Gasteiger charge is -1.97. The highest BCUT2D eigenvalue weighted by atomic mass is 79.9. The largest absolute Gasteiger partial charge is 0.398 e. The van der Waals surface area contributed by atoms with E-state index in [1.54, 1.807) is 105 Å². The number of aromatic amines is 4. The van der Waals surface area contributed by atoms with Gasteiger partial charge in [0.1, 0.15) is 70.1 Å². The van der Waals surface area contributed by atoms with Crippen LogP contribution in [0.1, 0.15) is 28.0 Å². The first-order valence-corrected chi connectivity index (χ1v) is 45.2. The first-order chi connectivity index (χ1) is 54.6. The molecule has 0 radical (unpaired) electrons. The fourth-order valence-electron chi connectivity index (χ4n) is 6.67. The van der Waals surface area contributed by atoms with Gasteiger partial charge >= 0.3 is 0 Å². The number of nitrogens with one attached hydrogen (secondary N) is 4. The number of hydrogen-bond donors (Lipinski definition) is 12. The fraction of sp³-hybridized carbons (Fsp3) is 0.0667. The zero-order chi connectivity index (χ0) is 83.0. The summed E-state index contributed by atoms with van der Waals surface area (Å²) in [5, 5.41) is 50.9. The number of thiol groups is 2. The molecule has 0 aromatic carbocycles. The maximum atomic E-state index is 5.52. The molecule has 0 atom stereocenters. The maximum absolute atomic E-state index is 5.52. The van der Waals surface area contributed by atoms with Crippen LogP contribution in [0.2, 0.25) is 0 Å². The number of hydrogen-bond acceptors (Lipinski definition) is 42. The molecule has 34 nitrogen and oxygen atoms in total. The van der Waals surface area contributed by atoms with Gasteiger partial charge in [0.25, 0.3) is 0 Å². The molecule has 0 fully saturated rings. The number of aryl methyl sites for hydroxylation is 1. The van der Waals surface area contributed by atoms with E-state index < -0.39 is 0 Å². The van der Waals surface area contributed by atoms with Gasteiger partial charge in [-0.15, -0.1) is 60.9 Å². The minimum absolute atomic E-state index is 0. The van der Waals surface area contributed by atoms with Crippen LogP contribution in [-0.2, 0) is 0 Å². The van der Waals surface area contributed by atoms with Crippen molar-refractivity contribution in [3.8, 4) is 0 Å². The smallest absolute Gasteiger partial charge is 0.157 e. The second kappa shape index (κ2) is 53.8. The van der Waals surface area contributed by atoms with Crippen LogP contribution >= 0.6 is 319 Å². The third-order valence-corrected chi connectivity index (χ3v) is 26.8. The quantitative estimate of drug-likeness (QED) is 0.0381. The van der Waals surface area contributed by atoms with Crippen LogP contribution in [0.15, 0.2) is 183 Å². The molecular weight excluding hydrogens is 2460 g/mol. The number of nitrogen functional groups attached to an aromatic ring is 6. The summed E-state index contributed by atoms with van der Waals surface area (Å²) < 4.78 is 39.5. The van der Waals surface area contributed by atoms with Crippen molar-refractivity contribution < 1.29 is 0 Å². The number of nitrogens with zero attached hydrogens (tertiary/aromatic N) is 24. The van der Waals surface area contributed by atoms with Crippen molar-refractivity contribution in [3.63, 3.8) is 0 Å². The number of aromatic nitrogens is 28. The molecule has 117 heavy (non-hydrogen) atoms. The molecule has 0 amide bonds. The van der Waals surface area contributed by atoms with Crippen LogP contribution in [0.4, 0.5) is 34.1 Å². The Bertz CT molecular complexity index is 5590. The van der Waals surface area contributed by atoms with Gasteiger partial charge in [0, 0.05) is 84.9 Å². The van der Waals surface area contributed by atoms with E-state index in [1.165, 1.54) is 75.4 Å². The van der Waals surface area contributed by atoms with Crippen molar-refractivity contribution in [1.82, 2.24) is 138 Å². The van der Waals surface area contributed by atoms with Gasteiger partial charge in [0.2, 0.25) is 0 Å². The minimum atomic E-state index is 0. The second-order valence-electron chi connectivity index (χ2n) is 19.6. The minimum Gasteiger partial charge on any atom is -0.398 e. The number of anilines is 6. The Balaban J connectivity index is 0.000000268. The van der Waals surface area contributed by atoms with Gasteiger partial charge < -0.3 is 44.4 Å². The van der Waals surface area contributed by atoms with E-state index >= 15 is 0 Å². The van der Waals surface area contributed by atoms with Crippen LogP contribution in [0, 0.1) is 25.0 Å². The van der Waals surface area contributed by atoms with Crippen molar-refractivity contribution in [1.29, 1.82) is 0 Å². The summed E-state index contributed by atoms with van der Waals surface area (Å²) in [6.45, 7) is 1.90. The Morgan fingerprint density at radius 2 is 0.940 bits per heavy atom. The molecule has 16 N–H and O–H groups in total. The van der Waals surface area contributed by atoms with Crippen LogP contribution in [0.25, 0.3) is 61.3 Å². The number of pyridine rings is 8. The van der Waals surface area contributed by atoms with Crippen molar-refractivity contribution in [2.45, 2.75) is 39.0 Å². The fourth-order valence-corrected chi connectivity index (χ4v) is 16.0. The zero-order valence-corrected chi connectivity index (χ0v) is 83.3. The van der Waals surface area contributed by atoms with E-state index in [0.717, 1.165) is 98.7 Å². The summed E-state index contributed by atoms with van der Waals surface area (Å²) in [5.74, 6) is 0. The highest BCUT2D eigenvalue weighted by Gasteiger charge is 2.08. The van der Waals surface area contributed by atoms with E-state index in [0.29, 0.717) is 80.4 Å². The summed E-state index contributed by atoms with van der Waals surface area (Å²) in [4.78, 5) is 30.8. The van der Waals surface area contributed by atoms with Crippen LogP contribution < -0.4 is 34.4 Å². The van der Waals surface area contributed by atoms with Gasteiger partial charge in [0.15, 0.2) is 4.60 Å². The van der Waals surface area contributed by atoms with Gasteiger partial charge in [-0.1, -0.05) is 98.1 Å². The predicted octanol–water partition coefficient (Wildman–Crippen LogP) is 21.9. The summed E-state index contributed by atoms with van der Waals surface area (Å²) >= 11 is 71.1. The number of rotatable bonds is 0. The average molecular weight is 2510 g/mol. The van der Waals surface area contributed by atoms with Gasteiger partial charge in [-0.05, 0) is 276 Å². The lowest BCUT2D eigenvalue weighted by molar-refractivity contribution is 0.999. The normalized spacial score (nSPS) is 9.76. The Hall–Kier alpha value is -5.90.